The number of aromatic nitrogens is 2. The molecule has 0 aliphatic carbocycles. The minimum Gasteiger partial charge on any atom is -0.324 e. The van der Waals surface area contributed by atoms with Crippen molar-refractivity contribution in [3.63, 3.8) is 0 Å². The molecule has 21 heavy (non-hydrogen) atoms. The molecule has 7 heteroatoms. The molecule has 0 amide bonds. The van der Waals surface area contributed by atoms with E-state index in [2.05, 4.69) is 5.10 Å². The molecule has 0 saturated carbocycles. The van der Waals surface area contributed by atoms with E-state index >= 15 is 0 Å². The summed E-state index contributed by atoms with van der Waals surface area (Å²) in [4.78, 5) is 10.5. The van der Waals surface area contributed by atoms with Crippen molar-refractivity contribution in [2.45, 2.75) is 33.4 Å². The van der Waals surface area contributed by atoms with Gasteiger partial charge in [0.2, 0.25) is 0 Å². The molecule has 2 aromatic rings. The first-order valence-electron chi connectivity index (χ1n) is 6.53. The van der Waals surface area contributed by atoms with E-state index in [9.17, 15) is 14.5 Å². The Morgan fingerprint density at radius 2 is 2.14 bits per heavy atom. The Kier molecular flexibility index (Phi) is 4.04. The van der Waals surface area contributed by atoms with Crippen LogP contribution in [-0.2, 0) is 6.54 Å². The average molecular weight is 292 g/mol. The van der Waals surface area contributed by atoms with Gasteiger partial charge in [-0.2, -0.15) is 5.10 Å². The number of nitro benzene ring substituents is 1. The highest BCUT2D eigenvalue weighted by molar-refractivity contribution is 5.41. The SMILES string of the molecule is Cc1nn(Cc2cc(F)ccc2[N+](=O)[O-])c(C)c1C(C)N. The van der Waals surface area contributed by atoms with Gasteiger partial charge < -0.3 is 5.73 Å². The summed E-state index contributed by atoms with van der Waals surface area (Å²) in [6.45, 7) is 5.67. The largest absolute Gasteiger partial charge is 0.324 e. The van der Waals surface area contributed by atoms with Gasteiger partial charge in [0.05, 0.1) is 22.7 Å². The van der Waals surface area contributed by atoms with E-state index in [-0.39, 0.29) is 23.8 Å². The van der Waals surface area contributed by atoms with Gasteiger partial charge in [0.25, 0.3) is 5.69 Å². The van der Waals surface area contributed by atoms with Crippen LogP contribution in [0.25, 0.3) is 0 Å². The van der Waals surface area contributed by atoms with Crippen molar-refractivity contribution in [3.05, 3.63) is 56.6 Å². The summed E-state index contributed by atoms with van der Waals surface area (Å²) >= 11 is 0. The van der Waals surface area contributed by atoms with Crippen molar-refractivity contribution in [2.75, 3.05) is 0 Å². The van der Waals surface area contributed by atoms with Crippen LogP contribution in [0, 0.1) is 29.8 Å². The highest BCUT2D eigenvalue weighted by atomic mass is 19.1. The number of hydrogen-bond acceptors (Lipinski definition) is 4. The second-order valence-electron chi connectivity index (χ2n) is 5.06. The smallest absolute Gasteiger partial charge is 0.274 e. The first kappa shape index (κ1) is 15.1. The second-order valence-corrected chi connectivity index (χ2v) is 5.06. The molecule has 0 aliphatic heterocycles. The lowest BCUT2D eigenvalue weighted by Crippen LogP contribution is -2.10. The molecule has 6 nitrogen and oxygen atoms in total. The molecule has 0 spiro atoms. The summed E-state index contributed by atoms with van der Waals surface area (Å²) in [6, 6.07) is 3.24. The van der Waals surface area contributed by atoms with Crippen molar-refractivity contribution in [2.24, 2.45) is 5.73 Å². The van der Waals surface area contributed by atoms with E-state index in [4.69, 9.17) is 5.73 Å². The van der Waals surface area contributed by atoms with Gasteiger partial charge in [-0.25, -0.2) is 4.39 Å². The molecular formula is C14H17FN4O2. The molecule has 0 radical (unpaired) electrons. The minimum absolute atomic E-state index is 0.119. The normalized spacial score (nSPS) is 12.4. The Hall–Kier alpha value is -2.28. The maximum atomic E-state index is 13.4. The summed E-state index contributed by atoms with van der Waals surface area (Å²) in [7, 11) is 0. The maximum Gasteiger partial charge on any atom is 0.274 e. The number of nitrogens with zero attached hydrogens (tertiary/aromatic N) is 3. The van der Waals surface area contributed by atoms with Crippen LogP contribution in [0.4, 0.5) is 10.1 Å². The molecule has 0 fully saturated rings. The van der Waals surface area contributed by atoms with Crippen LogP contribution >= 0.6 is 0 Å². The number of rotatable bonds is 4. The van der Waals surface area contributed by atoms with Crippen LogP contribution < -0.4 is 5.73 Å². The number of benzene rings is 1. The molecule has 1 heterocycles. The van der Waals surface area contributed by atoms with Gasteiger partial charge in [0.1, 0.15) is 5.82 Å². The third-order valence-corrected chi connectivity index (χ3v) is 3.45. The molecule has 2 N–H and O–H groups in total. The van der Waals surface area contributed by atoms with Gasteiger partial charge in [0.15, 0.2) is 0 Å². The zero-order valence-electron chi connectivity index (χ0n) is 12.1. The number of halogens is 1. The monoisotopic (exact) mass is 292 g/mol. The highest BCUT2D eigenvalue weighted by Gasteiger charge is 2.19. The first-order chi connectivity index (χ1) is 9.81. The lowest BCUT2D eigenvalue weighted by Gasteiger charge is -2.08. The topological polar surface area (TPSA) is 87.0 Å². The van der Waals surface area contributed by atoms with Crippen LogP contribution in [-0.4, -0.2) is 14.7 Å². The van der Waals surface area contributed by atoms with Crippen LogP contribution in [0.1, 0.15) is 35.5 Å². The number of hydrogen-bond donors (Lipinski definition) is 1. The molecule has 2 rings (SSSR count). The molecule has 1 aromatic carbocycles. The van der Waals surface area contributed by atoms with E-state index in [1.807, 2.05) is 20.8 Å². The zero-order valence-corrected chi connectivity index (χ0v) is 12.1. The number of nitro groups is 1. The fourth-order valence-corrected chi connectivity index (χ4v) is 2.54. The summed E-state index contributed by atoms with van der Waals surface area (Å²) < 4.78 is 15.0. The molecule has 1 aromatic heterocycles. The molecule has 1 unspecified atom stereocenters. The molecule has 0 bridgehead atoms. The second kappa shape index (κ2) is 5.61. The first-order valence-corrected chi connectivity index (χ1v) is 6.53. The molecule has 0 saturated heterocycles. The average Bonchev–Trinajstić information content (AvgIpc) is 2.64. The third-order valence-electron chi connectivity index (χ3n) is 3.45. The lowest BCUT2D eigenvalue weighted by molar-refractivity contribution is -0.385. The van der Waals surface area contributed by atoms with E-state index < -0.39 is 10.7 Å². The predicted molar refractivity (Wildman–Crippen MR) is 76.5 cm³/mol. The Bertz CT molecular complexity index is 695. The van der Waals surface area contributed by atoms with Crippen LogP contribution in [0.15, 0.2) is 18.2 Å². The van der Waals surface area contributed by atoms with E-state index in [0.29, 0.717) is 0 Å². The van der Waals surface area contributed by atoms with Crippen molar-refractivity contribution in [3.8, 4) is 0 Å². The highest BCUT2D eigenvalue weighted by Crippen LogP contribution is 2.24. The standard InChI is InChI=1S/C14H17FN4O2/c1-8(16)14-9(2)17-18(10(14)3)7-11-6-12(15)4-5-13(11)19(20)21/h4-6,8H,7,16H2,1-3H3. The Morgan fingerprint density at radius 1 is 1.48 bits per heavy atom. The van der Waals surface area contributed by atoms with Gasteiger partial charge in [-0.05, 0) is 32.9 Å². The van der Waals surface area contributed by atoms with Gasteiger partial charge in [-0.1, -0.05) is 0 Å². The van der Waals surface area contributed by atoms with Gasteiger partial charge in [-0.3, -0.25) is 14.8 Å². The van der Waals surface area contributed by atoms with Crippen molar-refractivity contribution in [1.29, 1.82) is 0 Å². The third kappa shape index (κ3) is 2.92. The maximum absolute atomic E-state index is 13.4. The lowest BCUT2D eigenvalue weighted by atomic mass is 10.1. The minimum atomic E-state index is -0.521. The predicted octanol–water partition coefficient (Wildman–Crippen LogP) is 2.62. The fraction of sp³-hybridized carbons (Fsp3) is 0.357. The Morgan fingerprint density at radius 3 is 2.67 bits per heavy atom. The van der Waals surface area contributed by atoms with Crippen LogP contribution in [0.2, 0.25) is 0 Å². The number of aryl methyl sites for hydroxylation is 1. The van der Waals surface area contributed by atoms with E-state index in [1.165, 1.54) is 12.1 Å². The summed E-state index contributed by atoms with van der Waals surface area (Å²) in [6.07, 6.45) is 0. The summed E-state index contributed by atoms with van der Waals surface area (Å²) in [5.74, 6) is -0.510. The van der Waals surface area contributed by atoms with Crippen molar-refractivity contribution < 1.29 is 9.31 Å². The van der Waals surface area contributed by atoms with E-state index in [1.54, 1.807) is 4.68 Å². The van der Waals surface area contributed by atoms with E-state index in [0.717, 1.165) is 23.0 Å². The van der Waals surface area contributed by atoms with Gasteiger partial charge in [0, 0.05) is 23.4 Å². The quantitative estimate of drug-likeness (QED) is 0.693. The van der Waals surface area contributed by atoms with Gasteiger partial charge >= 0.3 is 0 Å². The Balaban J connectivity index is 2.46. The molecule has 112 valence electrons. The van der Waals surface area contributed by atoms with Gasteiger partial charge in [-0.15, -0.1) is 0 Å². The molecular weight excluding hydrogens is 275 g/mol. The molecule has 0 aliphatic rings. The van der Waals surface area contributed by atoms with Crippen LogP contribution in [0.5, 0.6) is 0 Å². The fourth-order valence-electron chi connectivity index (χ4n) is 2.54. The van der Waals surface area contributed by atoms with Crippen LogP contribution in [0.3, 0.4) is 0 Å². The van der Waals surface area contributed by atoms with Crippen molar-refractivity contribution >= 4 is 5.69 Å². The number of nitrogens with two attached hydrogens (primary N) is 1. The van der Waals surface area contributed by atoms with Crippen molar-refractivity contribution in [1.82, 2.24) is 9.78 Å². The molecule has 1 atom stereocenters. The summed E-state index contributed by atoms with van der Waals surface area (Å²) in [5.41, 5.74) is 8.59. The summed E-state index contributed by atoms with van der Waals surface area (Å²) in [5, 5.41) is 15.4. The zero-order chi connectivity index (χ0) is 15.7. The Labute approximate surface area is 121 Å².